The van der Waals surface area contributed by atoms with Crippen LogP contribution in [0, 0.1) is 18.3 Å². The Morgan fingerprint density at radius 2 is 1.77 bits per heavy atom. The lowest BCUT2D eigenvalue weighted by Crippen LogP contribution is -2.30. The number of nitriles is 1. The van der Waals surface area contributed by atoms with Gasteiger partial charge in [-0.2, -0.15) is 5.26 Å². The number of hydrogen-bond donors (Lipinski definition) is 2. The number of nitrogens with one attached hydrogen (secondary N) is 1. The molecule has 0 aliphatic rings. The molecule has 1 amide bonds. The number of carbonyl (C=O) groups is 1. The Labute approximate surface area is 184 Å². The van der Waals surface area contributed by atoms with Gasteiger partial charge in [0, 0.05) is 10.6 Å². The third-order valence-corrected chi connectivity index (χ3v) is 5.91. The second kappa shape index (κ2) is 9.26. The molecule has 2 N–H and O–H groups in total. The van der Waals surface area contributed by atoms with Crippen LogP contribution in [0.3, 0.4) is 0 Å². The molecule has 1 aromatic heterocycles. The van der Waals surface area contributed by atoms with E-state index in [0.29, 0.717) is 22.1 Å². The van der Waals surface area contributed by atoms with Crippen LogP contribution in [0.15, 0.2) is 48.5 Å². The van der Waals surface area contributed by atoms with Crippen LogP contribution in [0.25, 0.3) is 0 Å². The first-order chi connectivity index (χ1) is 14.7. The highest BCUT2D eigenvalue weighted by Crippen LogP contribution is 2.33. The second-order valence-corrected chi connectivity index (χ2v) is 9.75. The van der Waals surface area contributed by atoms with Gasteiger partial charge in [0.25, 0.3) is 5.91 Å². The number of anilines is 2. The fourth-order valence-corrected chi connectivity index (χ4v) is 4.20. The van der Waals surface area contributed by atoms with Gasteiger partial charge in [-0.05, 0) is 42.3 Å². The third kappa shape index (κ3) is 5.67. The van der Waals surface area contributed by atoms with Crippen molar-refractivity contribution < 1.29 is 18.3 Å². The first-order valence-electron chi connectivity index (χ1n) is 9.16. The molecule has 160 valence electrons. The number of aromatic nitrogens is 1. The van der Waals surface area contributed by atoms with Gasteiger partial charge in [0.05, 0.1) is 31.0 Å². The number of sulfonamides is 1. The molecule has 0 aliphatic carbocycles. The van der Waals surface area contributed by atoms with Gasteiger partial charge in [-0.25, -0.2) is 18.1 Å². The number of amides is 1. The molecule has 0 fully saturated rings. The summed E-state index contributed by atoms with van der Waals surface area (Å²) in [6, 6.07) is 16.5. The summed E-state index contributed by atoms with van der Waals surface area (Å²) in [5.41, 5.74) is 3.04. The fourth-order valence-electron chi connectivity index (χ4n) is 2.84. The highest BCUT2D eigenvalue weighted by Gasteiger charge is 2.22. The van der Waals surface area contributed by atoms with E-state index < -0.39 is 15.9 Å². The first-order valence-corrected chi connectivity index (χ1v) is 11.9. The van der Waals surface area contributed by atoms with Crippen molar-refractivity contribution in [2.75, 3.05) is 11.2 Å². The van der Waals surface area contributed by atoms with Crippen LogP contribution in [0.2, 0.25) is 0 Å². The largest absolute Gasteiger partial charge is 0.392 e. The molecule has 0 saturated carbocycles. The number of aryl methyl sites for hydroxylation is 1. The highest BCUT2D eigenvalue weighted by molar-refractivity contribution is 7.89. The van der Waals surface area contributed by atoms with Crippen molar-refractivity contribution >= 4 is 38.1 Å². The predicted molar refractivity (Wildman–Crippen MR) is 119 cm³/mol. The van der Waals surface area contributed by atoms with E-state index in [-0.39, 0.29) is 12.3 Å². The molecular weight excluding hydrogens is 436 g/mol. The normalized spacial score (nSPS) is 11.0. The monoisotopic (exact) mass is 456 g/mol. The van der Waals surface area contributed by atoms with Crippen molar-refractivity contribution in [1.82, 2.24) is 9.71 Å². The average Bonchev–Trinajstić information content (AvgIpc) is 3.13. The smallest absolute Gasteiger partial charge is 0.284 e. The maximum atomic E-state index is 12.3. The summed E-state index contributed by atoms with van der Waals surface area (Å²) in [4.78, 5) is 19.2. The molecule has 0 bridgehead atoms. The van der Waals surface area contributed by atoms with Crippen molar-refractivity contribution in [3.05, 3.63) is 75.8 Å². The Hall–Kier alpha value is -3.26. The Balaban J connectivity index is 2.00. The van der Waals surface area contributed by atoms with Gasteiger partial charge in [-0.1, -0.05) is 24.3 Å². The van der Waals surface area contributed by atoms with Crippen molar-refractivity contribution in [3.63, 3.8) is 0 Å². The Morgan fingerprint density at radius 1 is 1.16 bits per heavy atom. The molecule has 0 atom stereocenters. The van der Waals surface area contributed by atoms with Crippen LogP contribution < -0.4 is 9.62 Å². The first kappa shape index (κ1) is 22.4. The summed E-state index contributed by atoms with van der Waals surface area (Å²) in [6.07, 6.45) is 0.909. The molecule has 0 unspecified atom stereocenters. The summed E-state index contributed by atoms with van der Waals surface area (Å²) in [7, 11) is -3.71. The quantitative estimate of drug-likeness (QED) is 0.560. The maximum Gasteiger partial charge on any atom is 0.284 e. The van der Waals surface area contributed by atoms with Crippen LogP contribution in [-0.4, -0.2) is 30.7 Å². The summed E-state index contributed by atoms with van der Waals surface area (Å²) in [6.45, 7) is 2.06. The second-order valence-electron chi connectivity index (χ2n) is 6.82. The number of thiazole rings is 1. The number of carbonyl (C=O) groups excluding carboxylic acids is 1. The summed E-state index contributed by atoms with van der Waals surface area (Å²) in [5.74, 6) is -0.783. The lowest BCUT2D eigenvalue weighted by molar-refractivity contribution is 0.0977. The predicted octanol–water partition coefficient (Wildman–Crippen LogP) is 2.84. The standard InChI is InChI=1S/C21H20N4O4S2/c1-14-19(20(27)24-31(2,28)29)23-21(30-14)25(18-9-7-15(11-22)8-10-18)12-16-3-5-17(13-26)6-4-16/h3-10,26H,12-13H2,1-2H3,(H,24,27). The fraction of sp³-hybridized carbons (Fsp3) is 0.190. The molecule has 3 aromatic rings. The van der Waals surface area contributed by atoms with E-state index >= 15 is 0 Å². The van der Waals surface area contributed by atoms with Crippen LogP contribution in [-0.2, 0) is 23.2 Å². The number of benzene rings is 2. The number of rotatable bonds is 7. The van der Waals surface area contributed by atoms with Crippen LogP contribution in [0.4, 0.5) is 10.8 Å². The van der Waals surface area contributed by atoms with E-state index in [9.17, 15) is 18.3 Å². The number of nitrogens with zero attached hydrogens (tertiary/aromatic N) is 3. The summed E-state index contributed by atoms with van der Waals surface area (Å²) < 4.78 is 24.8. The van der Waals surface area contributed by atoms with E-state index in [1.807, 2.05) is 33.9 Å². The van der Waals surface area contributed by atoms with E-state index in [4.69, 9.17) is 5.26 Å². The van der Waals surface area contributed by atoms with E-state index in [1.165, 1.54) is 11.3 Å². The molecule has 0 spiro atoms. The van der Waals surface area contributed by atoms with Gasteiger partial charge in [-0.3, -0.25) is 4.79 Å². The van der Waals surface area contributed by atoms with Crippen LogP contribution >= 0.6 is 11.3 Å². The number of hydrogen-bond acceptors (Lipinski definition) is 8. The Bertz CT molecular complexity index is 1230. The number of aliphatic hydroxyl groups excluding tert-OH is 1. The van der Waals surface area contributed by atoms with E-state index in [2.05, 4.69) is 11.1 Å². The van der Waals surface area contributed by atoms with Gasteiger partial charge in [-0.15, -0.1) is 11.3 Å². The maximum absolute atomic E-state index is 12.3. The molecule has 0 saturated heterocycles. The topological polar surface area (TPSA) is 123 Å². The highest BCUT2D eigenvalue weighted by atomic mass is 32.2. The zero-order valence-corrected chi connectivity index (χ0v) is 18.5. The minimum Gasteiger partial charge on any atom is -0.392 e. The molecule has 8 nitrogen and oxygen atoms in total. The molecule has 2 aromatic carbocycles. The lowest BCUT2D eigenvalue weighted by Gasteiger charge is -2.22. The number of aliphatic hydroxyl groups is 1. The van der Waals surface area contributed by atoms with Gasteiger partial charge in [0.15, 0.2) is 5.13 Å². The van der Waals surface area contributed by atoms with Crippen molar-refractivity contribution in [2.45, 2.75) is 20.1 Å². The SMILES string of the molecule is Cc1sc(N(Cc2ccc(CO)cc2)c2ccc(C#N)cc2)nc1C(=O)NS(C)(=O)=O. The molecule has 10 heteroatoms. The van der Waals surface area contributed by atoms with Crippen molar-refractivity contribution in [1.29, 1.82) is 5.26 Å². The van der Waals surface area contributed by atoms with E-state index in [1.54, 1.807) is 31.2 Å². The zero-order valence-electron chi connectivity index (χ0n) is 16.9. The molecule has 0 radical (unpaired) electrons. The Kier molecular flexibility index (Phi) is 6.70. The molecule has 31 heavy (non-hydrogen) atoms. The van der Waals surface area contributed by atoms with Crippen LogP contribution in [0.1, 0.15) is 32.1 Å². The van der Waals surface area contributed by atoms with Crippen molar-refractivity contribution in [2.24, 2.45) is 0 Å². The third-order valence-electron chi connectivity index (χ3n) is 4.36. The minimum absolute atomic E-state index is 0.0414. The summed E-state index contributed by atoms with van der Waals surface area (Å²) in [5, 5.41) is 18.8. The molecule has 0 aliphatic heterocycles. The van der Waals surface area contributed by atoms with Gasteiger partial charge in [0.1, 0.15) is 5.69 Å². The van der Waals surface area contributed by atoms with Crippen molar-refractivity contribution in [3.8, 4) is 6.07 Å². The average molecular weight is 457 g/mol. The molecule has 1 heterocycles. The van der Waals surface area contributed by atoms with Crippen LogP contribution in [0.5, 0.6) is 0 Å². The zero-order chi connectivity index (χ0) is 22.6. The lowest BCUT2D eigenvalue weighted by atomic mass is 10.1. The van der Waals surface area contributed by atoms with E-state index in [0.717, 1.165) is 23.1 Å². The van der Waals surface area contributed by atoms with Gasteiger partial charge >= 0.3 is 0 Å². The van der Waals surface area contributed by atoms with Gasteiger partial charge in [0.2, 0.25) is 10.0 Å². The molecular formula is C21H20N4O4S2. The minimum atomic E-state index is -3.71. The summed E-state index contributed by atoms with van der Waals surface area (Å²) >= 11 is 1.26. The Morgan fingerprint density at radius 3 is 2.32 bits per heavy atom. The van der Waals surface area contributed by atoms with Gasteiger partial charge < -0.3 is 10.0 Å². The molecule has 3 rings (SSSR count).